The molecule has 1 fully saturated rings. The van der Waals surface area contributed by atoms with E-state index in [1.54, 1.807) is 0 Å². The molecule has 1 aliphatic rings. The Balaban J connectivity index is 2.29. The van der Waals surface area contributed by atoms with Gasteiger partial charge in [0.25, 0.3) is 0 Å². The average Bonchev–Trinajstić information content (AvgIpc) is 2.76. The van der Waals surface area contributed by atoms with Crippen molar-refractivity contribution >= 4 is 0 Å². The molecule has 4 heteroatoms. The summed E-state index contributed by atoms with van der Waals surface area (Å²) in [4.78, 5) is 2.39. The number of nitrogens with two attached hydrogens (primary N) is 1. The predicted molar refractivity (Wildman–Crippen MR) is 74.6 cm³/mol. The van der Waals surface area contributed by atoms with Crippen LogP contribution in [0.3, 0.4) is 0 Å². The number of ether oxygens (including phenoxy) is 1. The fourth-order valence-corrected chi connectivity index (χ4v) is 2.91. The standard InChI is InChI=1S/C14H30N2O2/c1-3-16(10-11-18-4-2)9-7-13-6-5-8-14(13,17)12-15/h13,17H,3-12,15H2,1-2H3. The van der Waals surface area contributed by atoms with Crippen LogP contribution in [0.1, 0.15) is 39.5 Å². The molecule has 0 saturated heterocycles. The molecule has 0 radical (unpaired) electrons. The number of hydrogen-bond acceptors (Lipinski definition) is 4. The maximum absolute atomic E-state index is 10.4. The second kappa shape index (κ2) is 8.10. The van der Waals surface area contributed by atoms with Gasteiger partial charge in [0.05, 0.1) is 12.2 Å². The zero-order valence-electron chi connectivity index (χ0n) is 12.0. The number of nitrogens with zero attached hydrogens (tertiary/aromatic N) is 1. The van der Waals surface area contributed by atoms with E-state index in [0.29, 0.717) is 12.5 Å². The van der Waals surface area contributed by atoms with Crippen LogP contribution in [0.2, 0.25) is 0 Å². The smallest absolute Gasteiger partial charge is 0.0797 e. The van der Waals surface area contributed by atoms with Crippen LogP contribution in [0, 0.1) is 5.92 Å². The molecule has 2 atom stereocenters. The van der Waals surface area contributed by atoms with Crippen LogP contribution >= 0.6 is 0 Å². The van der Waals surface area contributed by atoms with Crippen molar-refractivity contribution in [1.29, 1.82) is 0 Å². The molecule has 1 aliphatic carbocycles. The third kappa shape index (κ3) is 4.50. The van der Waals surface area contributed by atoms with Crippen molar-refractivity contribution in [3.8, 4) is 0 Å². The Morgan fingerprint density at radius 1 is 1.39 bits per heavy atom. The molecule has 0 spiro atoms. The van der Waals surface area contributed by atoms with Gasteiger partial charge in [-0.25, -0.2) is 0 Å². The van der Waals surface area contributed by atoms with Crippen molar-refractivity contribution in [2.75, 3.05) is 39.4 Å². The first-order valence-electron chi connectivity index (χ1n) is 7.38. The van der Waals surface area contributed by atoms with Crippen LogP contribution in [0.4, 0.5) is 0 Å². The SMILES string of the molecule is CCOCCN(CC)CCC1CCCC1(O)CN. The average molecular weight is 258 g/mol. The van der Waals surface area contributed by atoms with Crippen molar-refractivity contribution in [1.82, 2.24) is 4.90 Å². The van der Waals surface area contributed by atoms with Crippen molar-refractivity contribution in [3.63, 3.8) is 0 Å². The van der Waals surface area contributed by atoms with E-state index in [9.17, 15) is 5.11 Å². The first-order chi connectivity index (χ1) is 8.66. The number of rotatable bonds is 9. The highest BCUT2D eigenvalue weighted by Crippen LogP contribution is 2.37. The highest BCUT2D eigenvalue weighted by atomic mass is 16.5. The lowest BCUT2D eigenvalue weighted by atomic mass is 9.88. The van der Waals surface area contributed by atoms with Gasteiger partial charge in [0.2, 0.25) is 0 Å². The van der Waals surface area contributed by atoms with E-state index in [4.69, 9.17) is 10.5 Å². The molecule has 0 bridgehead atoms. The number of aliphatic hydroxyl groups is 1. The van der Waals surface area contributed by atoms with Gasteiger partial charge < -0.3 is 20.5 Å². The molecule has 0 aromatic carbocycles. The Morgan fingerprint density at radius 2 is 2.17 bits per heavy atom. The third-order valence-electron chi connectivity index (χ3n) is 4.27. The van der Waals surface area contributed by atoms with Crippen molar-refractivity contribution in [3.05, 3.63) is 0 Å². The van der Waals surface area contributed by atoms with E-state index < -0.39 is 5.60 Å². The second-order valence-corrected chi connectivity index (χ2v) is 5.32. The van der Waals surface area contributed by atoms with Gasteiger partial charge in [-0.2, -0.15) is 0 Å². The second-order valence-electron chi connectivity index (χ2n) is 5.32. The molecule has 1 rings (SSSR count). The number of hydrogen-bond donors (Lipinski definition) is 2. The lowest BCUT2D eigenvalue weighted by Crippen LogP contribution is -2.42. The minimum atomic E-state index is -0.598. The highest BCUT2D eigenvalue weighted by molar-refractivity contribution is 4.93. The topological polar surface area (TPSA) is 58.7 Å². The van der Waals surface area contributed by atoms with Gasteiger partial charge in [-0.1, -0.05) is 13.3 Å². The summed E-state index contributed by atoms with van der Waals surface area (Å²) in [5.41, 5.74) is 5.11. The molecule has 0 amide bonds. The molecule has 3 N–H and O–H groups in total. The van der Waals surface area contributed by atoms with Gasteiger partial charge in [0, 0.05) is 19.7 Å². The summed E-state index contributed by atoms with van der Waals surface area (Å²) in [5.74, 6) is 0.378. The molecule has 4 nitrogen and oxygen atoms in total. The quantitative estimate of drug-likeness (QED) is 0.611. The monoisotopic (exact) mass is 258 g/mol. The molecule has 18 heavy (non-hydrogen) atoms. The molecule has 0 aromatic heterocycles. The molecule has 2 unspecified atom stereocenters. The predicted octanol–water partition coefficient (Wildman–Crippen LogP) is 1.22. The minimum Gasteiger partial charge on any atom is -0.388 e. The maximum Gasteiger partial charge on any atom is 0.0797 e. The van der Waals surface area contributed by atoms with E-state index in [0.717, 1.165) is 58.5 Å². The molecular weight excluding hydrogens is 228 g/mol. The Hall–Kier alpha value is -0.160. The summed E-state index contributed by atoms with van der Waals surface area (Å²) < 4.78 is 5.39. The van der Waals surface area contributed by atoms with Gasteiger partial charge in [-0.05, 0) is 45.2 Å². The first kappa shape index (κ1) is 15.9. The number of likely N-dealkylation sites (N-methyl/N-ethyl adjacent to an activating group) is 1. The molecule has 0 aliphatic heterocycles. The molecular formula is C14H30N2O2. The van der Waals surface area contributed by atoms with Crippen molar-refractivity contribution in [2.24, 2.45) is 11.7 Å². The van der Waals surface area contributed by atoms with Crippen LogP contribution in [0.25, 0.3) is 0 Å². The van der Waals surface area contributed by atoms with E-state index in [2.05, 4.69) is 11.8 Å². The van der Waals surface area contributed by atoms with Crippen LogP contribution in [0.5, 0.6) is 0 Å². The van der Waals surface area contributed by atoms with Gasteiger partial charge in [-0.3, -0.25) is 0 Å². The Morgan fingerprint density at radius 3 is 2.78 bits per heavy atom. The van der Waals surface area contributed by atoms with E-state index in [1.165, 1.54) is 0 Å². The summed E-state index contributed by atoms with van der Waals surface area (Å²) in [6, 6.07) is 0. The summed E-state index contributed by atoms with van der Waals surface area (Å²) in [6.07, 6.45) is 4.16. The van der Waals surface area contributed by atoms with E-state index >= 15 is 0 Å². The molecule has 0 heterocycles. The van der Waals surface area contributed by atoms with Crippen LogP contribution in [-0.2, 0) is 4.74 Å². The van der Waals surface area contributed by atoms with Crippen LogP contribution in [-0.4, -0.2) is 55.0 Å². The zero-order valence-corrected chi connectivity index (χ0v) is 12.0. The Kier molecular flexibility index (Phi) is 7.15. The van der Waals surface area contributed by atoms with Gasteiger partial charge >= 0.3 is 0 Å². The summed E-state index contributed by atoms with van der Waals surface area (Å²) >= 11 is 0. The lowest BCUT2D eigenvalue weighted by molar-refractivity contribution is 0.00375. The van der Waals surface area contributed by atoms with Gasteiger partial charge in [-0.15, -0.1) is 0 Å². The molecule has 1 saturated carbocycles. The fraction of sp³-hybridized carbons (Fsp3) is 1.00. The fourth-order valence-electron chi connectivity index (χ4n) is 2.91. The van der Waals surface area contributed by atoms with Gasteiger partial charge in [0.1, 0.15) is 0 Å². The summed E-state index contributed by atoms with van der Waals surface area (Å²) in [7, 11) is 0. The summed E-state index contributed by atoms with van der Waals surface area (Å²) in [5, 5.41) is 10.4. The normalized spacial score (nSPS) is 28.2. The van der Waals surface area contributed by atoms with Gasteiger partial charge in [0.15, 0.2) is 0 Å². The minimum absolute atomic E-state index is 0.378. The molecule has 108 valence electrons. The molecule has 0 aromatic rings. The summed E-state index contributed by atoms with van der Waals surface area (Å²) in [6.45, 7) is 9.26. The lowest BCUT2D eigenvalue weighted by Gasteiger charge is -2.30. The Labute approximate surface area is 111 Å². The van der Waals surface area contributed by atoms with Crippen LogP contribution < -0.4 is 5.73 Å². The highest BCUT2D eigenvalue weighted by Gasteiger charge is 2.39. The maximum atomic E-state index is 10.4. The van der Waals surface area contributed by atoms with E-state index in [-0.39, 0.29) is 0 Å². The Bertz CT molecular complexity index is 226. The third-order valence-corrected chi connectivity index (χ3v) is 4.27. The van der Waals surface area contributed by atoms with Crippen molar-refractivity contribution < 1.29 is 9.84 Å². The van der Waals surface area contributed by atoms with Crippen LogP contribution in [0.15, 0.2) is 0 Å². The largest absolute Gasteiger partial charge is 0.388 e. The zero-order chi connectivity index (χ0) is 13.4. The first-order valence-corrected chi connectivity index (χ1v) is 7.38. The van der Waals surface area contributed by atoms with Crippen molar-refractivity contribution in [2.45, 2.75) is 45.1 Å². The van der Waals surface area contributed by atoms with E-state index in [1.807, 2.05) is 6.92 Å².